The lowest BCUT2D eigenvalue weighted by Crippen LogP contribution is -1.94. The Morgan fingerprint density at radius 3 is 1.96 bits per heavy atom. The van der Waals surface area contributed by atoms with Gasteiger partial charge in [0.15, 0.2) is 0 Å². The summed E-state index contributed by atoms with van der Waals surface area (Å²) in [6.45, 7) is 0. The van der Waals surface area contributed by atoms with Gasteiger partial charge in [0.2, 0.25) is 0 Å². The molecule has 10 rings (SSSR count). The lowest BCUT2D eigenvalue weighted by Gasteiger charge is -2.13. The minimum absolute atomic E-state index is 0.745. The maximum atomic E-state index is 6.23. The van der Waals surface area contributed by atoms with Gasteiger partial charge in [0.25, 0.3) is 0 Å². The fraction of sp³-hybridized carbons (Fsp3) is 0. The van der Waals surface area contributed by atoms with Crippen molar-refractivity contribution in [2.45, 2.75) is 0 Å². The molecule has 1 N–H and O–H groups in total. The summed E-state index contributed by atoms with van der Waals surface area (Å²) in [5, 5.41) is 10.7. The van der Waals surface area contributed by atoms with E-state index in [0.29, 0.717) is 0 Å². The van der Waals surface area contributed by atoms with Crippen LogP contribution in [0.3, 0.4) is 0 Å². The summed E-state index contributed by atoms with van der Waals surface area (Å²) in [6.07, 6.45) is 0. The number of halogens is 1. The highest BCUT2D eigenvalue weighted by Gasteiger charge is 2.19. The van der Waals surface area contributed by atoms with Gasteiger partial charge in [-0.2, -0.15) is 0 Å². The number of rotatable bonds is 3. The van der Waals surface area contributed by atoms with Crippen molar-refractivity contribution in [1.29, 1.82) is 0 Å². The molecule has 3 heteroatoms. The molecular formula is C44H27ClN2. The lowest BCUT2D eigenvalue weighted by molar-refractivity contribution is 1.19. The fourth-order valence-electron chi connectivity index (χ4n) is 7.66. The van der Waals surface area contributed by atoms with Gasteiger partial charge in [0.1, 0.15) is 0 Å². The van der Waals surface area contributed by atoms with Crippen LogP contribution in [-0.4, -0.2) is 9.55 Å². The van der Waals surface area contributed by atoms with Crippen molar-refractivity contribution in [1.82, 2.24) is 9.55 Å². The lowest BCUT2D eigenvalue weighted by atomic mass is 9.94. The van der Waals surface area contributed by atoms with Crippen LogP contribution in [0.4, 0.5) is 0 Å². The molecule has 0 radical (unpaired) electrons. The number of aromatic amines is 1. The van der Waals surface area contributed by atoms with Gasteiger partial charge in [0, 0.05) is 48.6 Å². The normalized spacial score (nSPS) is 11.9. The summed E-state index contributed by atoms with van der Waals surface area (Å²) >= 11 is 6.23. The average Bonchev–Trinajstić information content (AvgIpc) is 3.68. The molecule has 0 amide bonds. The monoisotopic (exact) mass is 618 g/mol. The van der Waals surface area contributed by atoms with E-state index in [4.69, 9.17) is 11.6 Å². The van der Waals surface area contributed by atoms with E-state index in [0.717, 1.165) is 16.3 Å². The maximum Gasteiger partial charge on any atom is 0.0619 e. The van der Waals surface area contributed by atoms with Gasteiger partial charge < -0.3 is 9.55 Å². The fourth-order valence-corrected chi connectivity index (χ4v) is 7.79. The molecule has 0 saturated heterocycles. The topological polar surface area (TPSA) is 20.7 Å². The molecular weight excluding hydrogens is 592 g/mol. The molecule has 0 bridgehead atoms. The van der Waals surface area contributed by atoms with Crippen molar-refractivity contribution in [2.75, 3.05) is 0 Å². The summed E-state index contributed by atoms with van der Waals surface area (Å²) in [5.41, 5.74) is 10.7. The van der Waals surface area contributed by atoms with Gasteiger partial charge in [0.05, 0.1) is 22.1 Å². The van der Waals surface area contributed by atoms with E-state index in [9.17, 15) is 0 Å². The predicted molar refractivity (Wildman–Crippen MR) is 201 cm³/mol. The first kappa shape index (κ1) is 26.4. The van der Waals surface area contributed by atoms with Crippen molar-refractivity contribution in [3.63, 3.8) is 0 Å². The second-order valence-corrected chi connectivity index (χ2v) is 12.8. The molecule has 47 heavy (non-hydrogen) atoms. The van der Waals surface area contributed by atoms with Crippen molar-refractivity contribution in [3.8, 4) is 27.9 Å². The zero-order valence-corrected chi connectivity index (χ0v) is 26.1. The van der Waals surface area contributed by atoms with Crippen LogP contribution in [0.2, 0.25) is 5.02 Å². The minimum atomic E-state index is 0.745. The van der Waals surface area contributed by atoms with Crippen LogP contribution in [0.25, 0.3) is 93.1 Å². The molecule has 2 nitrogen and oxygen atoms in total. The summed E-state index contributed by atoms with van der Waals surface area (Å²) in [5.74, 6) is 0. The molecule has 0 aliphatic rings. The second kappa shape index (κ2) is 10.1. The third-order valence-electron chi connectivity index (χ3n) is 9.80. The average molecular weight is 619 g/mol. The van der Waals surface area contributed by atoms with E-state index in [1.807, 2.05) is 12.1 Å². The summed E-state index contributed by atoms with van der Waals surface area (Å²) in [6, 6.07) is 56.8. The Balaban J connectivity index is 1.27. The van der Waals surface area contributed by atoms with Gasteiger partial charge in [-0.05, 0) is 63.9 Å². The zero-order valence-electron chi connectivity index (χ0n) is 25.3. The maximum absolute atomic E-state index is 6.23. The Bertz CT molecular complexity index is 2840. The quantitative estimate of drug-likeness (QED) is 0.203. The van der Waals surface area contributed by atoms with E-state index in [1.165, 1.54) is 81.8 Å². The Labute approximate surface area is 276 Å². The largest absolute Gasteiger partial charge is 0.353 e. The molecule has 0 unspecified atom stereocenters. The molecule has 0 atom stereocenters. The van der Waals surface area contributed by atoms with E-state index < -0.39 is 0 Å². The van der Waals surface area contributed by atoms with Crippen LogP contribution >= 0.6 is 11.6 Å². The molecule has 10 aromatic rings. The zero-order chi connectivity index (χ0) is 31.1. The van der Waals surface area contributed by atoms with E-state index in [1.54, 1.807) is 0 Å². The van der Waals surface area contributed by atoms with Crippen LogP contribution in [0.1, 0.15) is 0 Å². The van der Waals surface area contributed by atoms with Crippen molar-refractivity contribution >= 4 is 76.8 Å². The van der Waals surface area contributed by atoms with Crippen LogP contribution in [-0.2, 0) is 0 Å². The first-order valence-corrected chi connectivity index (χ1v) is 16.3. The minimum Gasteiger partial charge on any atom is -0.353 e. The number of nitrogens with one attached hydrogen (secondary N) is 1. The number of fused-ring (bicyclic) bond motifs is 10. The van der Waals surface area contributed by atoms with E-state index >= 15 is 0 Å². The predicted octanol–water partition coefficient (Wildman–Crippen LogP) is 12.7. The highest BCUT2D eigenvalue weighted by molar-refractivity contribution is 6.30. The second-order valence-electron chi connectivity index (χ2n) is 12.3. The number of hydrogen-bond acceptors (Lipinski definition) is 0. The Morgan fingerprint density at radius 2 is 1.09 bits per heavy atom. The summed E-state index contributed by atoms with van der Waals surface area (Å²) in [7, 11) is 0. The smallest absolute Gasteiger partial charge is 0.0619 e. The van der Waals surface area contributed by atoms with Crippen molar-refractivity contribution < 1.29 is 0 Å². The van der Waals surface area contributed by atoms with Crippen molar-refractivity contribution in [3.05, 3.63) is 163 Å². The number of aromatic nitrogens is 2. The Morgan fingerprint density at radius 1 is 0.426 bits per heavy atom. The van der Waals surface area contributed by atoms with Crippen LogP contribution < -0.4 is 0 Å². The Kier molecular flexibility index (Phi) is 5.66. The Hall–Kier alpha value is -5.83. The standard InChI is InChI=1S/C44H27ClN2/c45-30-20-16-27(17-21-30)29-19-25-41-40(26-29)39-24-23-34-33(12-6-15-38(34)44(39)47(41)31-9-2-1-3-10-31)35-13-7-14-36-37-22-18-28-8-4-5-11-32(28)42(37)46-43(35)36/h1-26,46H. The van der Waals surface area contributed by atoms with Crippen LogP contribution in [0.5, 0.6) is 0 Å². The molecule has 0 aliphatic heterocycles. The first-order chi connectivity index (χ1) is 23.2. The third kappa shape index (κ3) is 3.92. The summed E-state index contributed by atoms with van der Waals surface area (Å²) in [4.78, 5) is 3.86. The SMILES string of the molecule is Clc1ccc(-c2ccc3c(c2)c2ccc4c(-c5cccc6c5[nH]c5c7ccccc7ccc65)cccc4c2n3-c2ccccc2)cc1. The van der Waals surface area contributed by atoms with E-state index in [2.05, 4.69) is 155 Å². The molecule has 0 spiro atoms. The van der Waals surface area contributed by atoms with Gasteiger partial charge in [-0.25, -0.2) is 0 Å². The van der Waals surface area contributed by atoms with Gasteiger partial charge in [-0.3, -0.25) is 0 Å². The number of nitrogens with zero attached hydrogens (tertiary/aromatic N) is 1. The number of H-pyrrole nitrogens is 1. The molecule has 2 heterocycles. The molecule has 8 aromatic carbocycles. The van der Waals surface area contributed by atoms with Gasteiger partial charge in [-0.1, -0.05) is 133 Å². The molecule has 0 aliphatic carbocycles. The van der Waals surface area contributed by atoms with Gasteiger partial charge >= 0.3 is 0 Å². The molecule has 220 valence electrons. The third-order valence-corrected chi connectivity index (χ3v) is 10.1. The van der Waals surface area contributed by atoms with Crippen LogP contribution in [0, 0.1) is 0 Å². The number of para-hydroxylation sites is 2. The van der Waals surface area contributed by atoms with Gasteiger partial charge in [-0.15, -0.1) is 0 Å². The van der Waals surface area contributed by atoms with Crippen LogP contribution in [0.15, 0.2) is 158 Å². The highest BCUT2D eigenvalue weighted by Crippen LogP contribution is 2.43. The molecule has 2 aromatic heterocycles. The molecule has 0 saturated carbocycles. The number of hydrogen-bond donors (Lipinski definition) is 1. The summed E-state index contributed by atoms with van der Waals surface area (Å²) < 4.78 is 2.43. The molecule has 0 fully saturated rings. The first-order valence-electron chi connectivity index (χ1n) is 16.0. The van der Waals surface area contributed by atoms with E-state index in [-0.39, 0.29) is 0 Å². The van der Waals surface area contributed by atoms with Crippen molar-refractivity contribution in [2.24, 2.45) is 0 Å². The number of benzene rings is 8. The highest BCUT2D eigenvalue weighted by atomic mass is 35.5.